The van der Waals surface area contributed by atoms with Crippen LogP contribution in [-0.2, 0) is 0 Å². The molecule has 0 aromatic heterocycles. The van der Waals surface area contributed by atoms with Gasteiger partial charge in [0.25, 0.3) is 11.4 Å². The number of carbonyl (C=O) groups excluding carboxylic acids is 1. The number of ether oxygens (including phenoxy) is 2. The molecule has 0 spiro atoms. The molecule has 0 aliphatic heterocycles. The molecule has 0 atom stereocenters. The van der Waals surface area contributed by atoms with Crippen LogP contribution in [0.1, 0.15) is 21.5 Å². The Morgan fingerprint density at radius 1 is 0.909 bits per heavy atom. The molecule has 0 unspecified atom stereocenters. The summed E-state index contributed by atoms with van der Waals surface area (Å²) >= 11 is 11.9. The highest BCUT2D eigenvalue weighted by atomic mass is 35.5. The fourth-order valence-corrected chi connectivity index (χ4v) is 3.30. The van der Waals surface area contributed by atoms with E-state index in [0.29, 0.717) is 10.6 Å². The number of rotatable bonds is 7. The zero-order valence-corrected chi connectivity index (χ0v) is 18.4. The summed E-state index contributed by atoms with van der Waals surface area (Å²) in [6.45, 7) is 0. The molecule has 0 aliphatic carbocycles. The maximum Gasteiger partial charge on any atom is 0.345 e. The lowest BCUT2D eigenvalue weighted by atomic mass is 10.1. The van der Waals surface area contributed by atoms with Gasteiger partial charge >= 0.3 is 5.97 Å². The number of hydrogen-bond donors (Lipinski definition) is 0. The van der Waals surface area contributed by atoms with Gasteiger partial charge in [0.05, 0.1) is 39.2 Å². The summed E-state index contributed by atoms with van der Waals surface area (Å²) < 4.78 is 10.7. The average molecular weight is 489 g/mol. The summed E-state index contributed by atoms with van der Waals surface area (Å²) in [5.41, 5.74) is 0.0872. The molecule has 0 bridgehead atoms. The van der Waals surface area contributed by atoms with Gasteiger partial charge in [-0.2, -0.15) is 0 Å². The third-order valence-electron chi connectivity index (χ3n) is 4.42. The predicted octanol–water partition coefficient (Wildman–Crippen LogP) is 6.21. The Labute approximate surface area is 197 Å². The maximum atomic E-state index is 12.5. The molecule has 168 valence electrons. The van der Waals surface area contributed by atoms with Crippen molar-refractivity contribution in [1.29, 1.82) is 0 Å². The molecule has 0 heterocycles. The number of carbonyl (C=O) groups is 1. The summed E-state index contributed by atoms with van der Waals surface area (Å²) in [4.78, 5) is 33.2. The molecule has 0 saturated heterocycles. The molecule has 0 N–H and O–H groups in total. The lowest BCUT2D eigenvalue weighted by molar-refractivity contribution is -0.394. The predicted molar refractivity (Wildman–Crippen MR) is 123 cm³/mol. The number of methoxy groups -OCH3 is 1. The largest absolute Gasteiger partial charge is 0.493 e. The molecule has 33 heavy (non-hydrogen) atoms. The standard InChI is InChI=1S/C22H14Cl2N2O7/c1-32-21-10-13(2-4-14-5-7-16(25(28)29)12-19(14)26(30)31)3-9-20(21)33-22(27)17-8-6-15(23)11-18(17)24/h2-12H,1H3/b4-2+. The fraction of sp³-hybridized carbons (Fsp3) is 0.0455. The van der Waals surface area contributed by atoms with Crippen LogP contribution in [-0.4, -0.2) is 22.9 Å². The smallest absolute Gasteiger partial charge is 0.345 e. The van der Waals surface area contributed by atoms with Gasteiger partial charge in [-0.1, -0.05) is 35.3 Å². The third-order valence-corrected chi connectivity index (χ3v) is 4.97. The monoisotopic (exact) mass is 488 g/mol. The van der Waals surface area contributed by atoms with Crippen LogP contribution in [0.15, 0.2) is 54.6 Å². The Kier molecular flexibility index (Phi) is 7.27. The Bertz CT molecular complexity index is 1290. The molecule has 0 radical (unpaired) electrons. The van der Waals surface area contributed by atoms with Crippen LogP contribution in [0.3, 0.4) is 0 Å². The fourth-order valence-electron chi connectivity index (χ4n) is 2.81. The SMILES string of the molecule is COc1cc(/C=C/c2ccc([N+](=O)[O-])cc2[N+](=O)[O-])ccc1OC(=O)c1ccc(Cl)cc1Cl. The normalized spacial score (nSPS) is 10.8. The number of nitro groups is 2. The topological polar surface area (TPSA) is 122 Å². The first-order valence-corrected chi connectivity index (χ1v) is 9.91. The van der Waals surface area contributed by atoms with Crippen molar-refractivity contribution >= 4 is 52.7 Å². The zero-order valence-electron chi connectivity index (χ0n) is 16.9. The van der Waals surface area contributed by atoms with Crippen LogP contribution in [0.4, 0.5) is 11.4 Å². The van der Waals surface area contributed by atoms with Crippen LogP contribution in [0.25, 0.3) is 12.2 Å². The number of esters is 1. The van der Waals surface area contributed by atoms with Crippen molar-refractivity contribution < 1.29 is 24.1 Å². The van der Waals surface area contributed by atoms with E-state index in [1.165, 1.54) is 49.6 Å². The van der Waals surface area contributed by atoms with Gasteiger partial charge in [0.1, 0.15) is 0 Å². The third kappa shape index (κ3) is 5.65. The van der Waals surface area contributed by atoms with Crippen molar-refractivity contribution in [3.05, 3.63) is 102 Å². The first-order valence-electron chi connectivity index (χ1n) is 9.16. The lowest BCUT2D eigenvalue weighted by Gasteiger charge is -2.11. The van der Waals surface area contributed by atoms with Crippen molar-refractivity contribution in [2.75, 3.05) is 7.11 Å². The molecular formula is C22H14Cl2N2O7. The summed E-state index contributed by atoms with van der Waals surface area (Å²) in [5, 5.41) is 22.7. The second-order valence-electron chi connectivity index (χ2n) is 6.51. The minimum absolute atomic E-state index is 0.123. The Balaban J connectivity index is 1.85. The van der Waals surface area contributed by atoms with E-state index in [1.807, 2.05) is 0 Å². The van der Waals surface area contributed by atoms with E-state index in [2.05, 4.69) is 0 Å². The minimum atomic E-state index is -0.709. The zero-order chi connectivity index (χ0) is 24.1. The van der Waals surface area contributed by atoms with E-state index in [9.17, 15) is 25.0 Å². The molecule has 3 aromatic carbocycles. The van der Waals surface area contributed by atoms with Gasteiger partial charge < -0.3 is 9.47 Å². The lowest BCUT2D eigenvalue weighted by Crippen LogP contribution is -2.10. The summed E-state index contributed by atoms with van der Waals surface area (Å²) in [6, 6.07) is 12.4. The Morgan fingerprint density at radius 3 is 2.30 bits per heavy atom. The molecule has 0 saturated carbocycles. The highest BCUT2D eigenvalue weighted by Crippen LogP contribution is 2.32. The van der Waals surface area contributed by atoms with Crippen LogP contribution in [0.5, 0.6) is 11.5 Å². The number of nitro benzene ring substituents is 2. The van der Waals surface area contributed by atoms with Gasteiger partial charge in [0, 0.05) is 11.1 Å². The van der Waals surface area contributed by atoms with Gasteiger partial charge in [0.2, 0.25) is 0 Å². The molecule has 0 aliphatic rings. The number of halogens is 2. The Morgan fingerprint density at radius 2 is 1.67 bits per heavy atom. The van der Waals surface area contributed by atoms with Crippen LogP contribution < -0.4 is 9.47 Å². The van der Waals surface area contributed by atoms with Crippen molar-refractivity contribution in [2.24, 2.45) is 0 Å². The molecule has 0 amide bonds. The minimum Gasteiger partial charge on any atom is -0.493 e. The van der Waals surface area contributed by atoms with Gasteiger partial charge in [0.15, 0.2) is 11.5 Å². The quantitative estimate of drug-likeness (QED) is 0.127. The maximum absolute atomic E-state index is 12.5. The molecular weight excluding hydrogens is 475 g/mol. The molecule has 9 nitrogen and oxygen atoms in total. The summed E-state index contributed by atoms with van der Waals surface area (Å²) in [7, 11) is 1.39. The van der Waals surface area contributed by atoms with E-state index in [4.69, 9.17) is 32.7 Å². The van der Waals surface area contributed by atoms with E-state index >= 15 is 0 Å². The van der Waals surface area contributed by atoms with Gasteiger partial charge in [-0.05, 0) is 48.0 Å². The highest BCUT2D eigenvalue weighted by molar-refractivity contribution is 6.36. The van der Waals surface area contributed by atoms with Gasteiger partial charge in [-0.25, -0.2) is 4.79 Å². The van der Waals surface area contributed by atoms with E-state index in [0.717, 1.165) is 6.07 Å². The van der Waals surface area contributed by atoms with Crippen LogP contribution in [0, 0.1) is 20.2 Å². The number of nitrogens with zero attached hydrogens (tertiary/aromatic N) is 2. The molecule has 11 heteroatoms. The average Bonchev–Trinajstić information content (AvgIpc) is 2.77. The Hall–Kier alpha value is -3.95. The first kappa shape index (κ1) is 23.7. The number of non-ortho nitro benzene ring substituents is 1. The van der Waals surface area contributed by atoms with E-state index in [1.54, 1.807) is 18.2 Å². The summed E-state index contributed by atoms with van der Waals surface area (Å²) in [6.07, 6.45) is 2.99. The van der Waals surface area contributed by atoms with Crippen molar-refractivity contribution in [3.63, 3.8) is 0 Å². The first-order chi connectivity index (χ1) is 15.7. The molecule has 3 aromatic rings. The molecule has 3 rings (SSSR count). The van der Waals surface area contributed by atoms with Crippen molar-refractivity contribution in [1.82, 2.24) is 0 Å². The summed E-state index contributed by atoms with van der Waals surface area (Å²) in [5.74, 6) is -0.347. The second-order valence-corrected chi connectivity index (χ2v) is 7.36. The van der Waals surface area contributed by atoms with Crippen LogP contribution >= 0.6 is 23.2 Å². The number of hydrogen-bond acceptors (Lipinski definition) is 7. The van der Waals surface area contributed by atoms with E-state index in [-0.39, 0.29) is 33.3 Å². The van der Waals surface area contributed by atoms with Crippen molar-refractivity contribution in [3.8, 4) is 11.5 Å². The molecule has 0 fully saturated rings. The van der Waals surface area contributed by atoms with E-state index < -0.39 is 21.5 Å². The second kappa shape index (κ2) is 10.1. The van der Waals surface area contributed by atoms with Crippen molar-refractivity contribution in [2.45, 2.75) is 0 Å². The number of benzene rings is 3. The van der Waals surface area contributed by atoms with Gasteiger partial charge in [-0.3, -0.25) is 20.2 Å². The highest BCUT2D eigenvalue weighted by Gasteiger charge is 2.18. The van der Waals surface area contributed by atoms with Gasteiger partial charge in [-0.15, -0.1) is 0 Å². The van der Waals surface area contributed by atoms with Crippen LogP contribution in [0.2, 0.25) is 10.0 Å².